The molecule has 2 aliphatic rings. The summed E-state index contributed by atoms with van der Waals surface area (Å²) in [6.07, 6.45) is 5.62. The molecule has 0 fully saturated rings. The van der Waals surface area contributed by atoms with Crippen molar-refractivity contribution in [2.75, 3.05) is 19.0 Å². The number of hydrogen-bond donors (Lipinski definition) is 2. The molecular formula is C24H27N3O. The molecule has 4 heteroatoms. The maximum atomic E-state index is 5.48. The number of methoxy groups -OCH3 is 1. The lowest BCUT2D eigenvalue weighted by atomic mass is 9.82. The second-order valence-electron chi connectivity index (χ2n) is 7.90. The number of rotatable bonds is 5. The van der Waals surface area contributed by atoms with Gasteiger partial charge in [-0.25, -0.2) is 0 Å². The van der Waals surface area contributed by atoms with Crippen molar-refractivity contribution in [3.8, 4) is 5.75 Å². The quantitative estimate of drug-likeness (QED) is 0.587. The Bertz CT molecular complexity index is 1060. The number of hydrogen-bond acceptors (Lipinski definition) is 3. The van der Waals surface area contributed by atoms with E-state index in [9.17, 15) is 0 Å². The van der Waals surface area contributed by atoms with Crippen LogP contribution in [0.4, 0.5) is 5.69 Å². The molecule has 1 atom stereocenters. The van der Waals surface area contributed by atoms with Crippen molar-refractivity contribution in [3.63, 3.8) is 0 Å². The smallest absolute Gasteiger partial charge is 0.121 e. The predicted octanol–water partition coefficient (Wildman–Crippen LogP) is 5.42. The molecule has 3 aromatic rings. The van der Waals surface area contributed by atoms with Gasteiger partial charge >= 0.3 is 0 Å². The lowest BCUT2D eigenvalue weighted by Crippen LogP contribution is -2.39. The third-order valence-corrected chi connectivity index (χ3v) is 6.26. The molecule has 3 heterocycles. The molecule has 1 unspecified atom stereocenters. The zero-order valence-electron chi connectivity index (χ0n) is 16.6. The van der Waals surface area contributed by atoms with Crippen molar-refractivity contribution in [1.29, 1.82) is 0 Å². The van der Waals surface area contributed by atoms with Crippen LogP contribution in [-0.4, -0.2) is 24.4 Å². The summed E-state index contributed by atoms with van der Waals surface area (Å²) in [5.41, 5.74) is 7.18. The minimum absolute atomic E-state index is 0.283. The van der Waals surface area contributed by atoms with Crippen LogP contribution >= 0.6 is 0 Å². The van der Waals surface area contributed by atoms with Crippen molar-refractivity contribution < 1.29 is 4.74 Å². The topological polar surface area (TPSA) is 49.4 Å². The molecule has 0 aliphatic carbocycles. The summed E-state index contributed by atoms with van der Waals surface area (Å²) in [5.74, 6) is 0.879. The van der Waals surface area contributed by atoms with E-state index in [4.69, 9.17) is 9.73 Å². The molecule has 0 saturated carbocycles. The van der Waals surface area contributed by atoms with Gasteiger partial charge in [0.2, 0.25) is 0 Å². The van der Waals surface area contributed by atoms with Crippen LogP contribution in [0, 0.1) is 0 Å². The number of H-pyrrole nitrogens is 1. The summed E-state index contributed by atoms with van der Waals surface area (Å²) >= 11 is 0. The molecule has 144 valence electrons. The zero-order chi connectivity index (χ0) is 19.1. The number of fused-ring (bicyclic) bond motifs is 7. The Morgan fingerprint density at radius 3 is 2.89 bits per heavy atom. The number of nitrogens with zero attached hydrogens (tertiary/aromatic N) is 1. The monoisotopic (exact) mass is 373 g/mol. The number of para-hydroxylation sites is 1. The molecule has 0 amide bonds. The van der Waals surface area contributed by atoms with Crippen LogP contribution in [0.25, 0.3) is 10.9 Å². The molecule has 0 bridgehead atoms. The van der Waals surface area contributed by atoms with E-state index in [0.717, 1.165) is 30.8 Å². The van der Waals surface area contributed by atoms with Crippen LogP contribution in [0.3, 0.4) is 0 Å². The first-order valence-corrected chi connectivity index (χ1v) is 10.4. The summed E-state index contributed by atoms with van der Waals surface area (Å²) in [5, 5.41) is 5.23. The maximum absolute atomic E-state index is 5.48. The van der Waals surface area contributed by atoms with Gasteiger partial charge < -0.3 is 15.0 Å². The molecule has 0 radical (unpaired) electrons. The third-order valence-electron chi connectivity index (χ3n) is 6.26. The molecule has 2 aromatic carbocycles. The van der Waals surface area contributed by atoms with E-state index in [1.165, 1.54) is 52.7 Å². The summed E-state index contributed by atoms with van der Waals surface area (Å²) < 4.78 is 5.48. The van der Waals surface area contributed by atoms with Gasteiger partial charge in [0.15, 0.2) is 0 Å². The average molecular weight is 374 g/mol. The van der Waals surface area contributed by atoms with Crippen LogP contribution in [-0.2, 0) is 12.0 Å². The van der Waals surface area contributed by atoms with Gasteiger partial charge in [-0.3, -0.25) is 4.99 Å². The van der Waals surface area contributed by atoms with Gasteiger partial charge in [0, 0.05) is 34.8 Å². The van der Waals surface area contributed by atoms with Gasteiger partial charge in [-0.15, -0.1) is 0 Å². The number of nitrogens with one attached hydrogen (secondary N) is 2. The van der Waals surface area contributed by atoms with Gasteiger partial charge in [0.05, 0.1) is 18.5 Å². The Labute approximate surface area is 166 Å². The van der Waals surface area contributed by atoms with Crippen LogP contribution < -0.4 is 10.1 Å². The molecule has 2 N–H and O–H groups in total. The second-order valence-corrected chi connectivity index (χ2v) is 7.90. The highest BCUT2D eigenvalue weighted by Gasteiger charge is 2.47. The van der Waals surface area contributed by atoms with Crippen molar-refractivity contribution in [2.24, 2.45) is 4.99 Å². The number of ether oxygens (including phenoxy) is 1. The van der Waals surface area contributed by atoms with E-state index >= 15 is 0 Å². The van der Waals surface area contributed by atoms with Crippen molar-refractivity contribution >= 4 is 22.3 Å². The fourth-order valence-corrected chi connectivity index (χ4v) is 4.93. The Balaban J connectivity index is 1.72. The minimum atomic E-state index is -0.283. The highest BCUT2D eigenvalue weighted by atomic mass is 16.5. The molecule has 2 aliphatic heterocycles. The van der Waals surface area contributed by atoms with E-state index in [0.29, 0.717) is 0 Å². The van der Waals surface area contributed by atoms with Crippen LogP contribution in [0.15, 0.2) is 47.5 Å². The number of aliphatic imine (C=N–C) groups is 1. The number of anilines is 1. The van der Waals surface area contributed by atoms with E-state index in [1.54, 1.807) is 7.11 Å². The van der Waals surface area contributed by atoms with Crippen LogP contribution in [0.2, 0.25) is 0 Å². The van der Waals surface area contributed by atoms with Gasteiger partial charge in [-0.2, -0.15) is 0 Å². The molecule has 4 nitrogen and oxygen atoms in total. The summed E-state index contributed by atoms with van der Waals surface area (Å²) in [6.45, 7) is 3.09. The molecular weight excluding hydrogens is 346 g/mol. The normalized spacial score (nSPS) is 20.0. The molecule has 1 aromatic heterocycles. The average Bonchev–Trinajstić information content (AvgIpc) is 3.20. The van der Waals surface area contributed by atoms with E-state index in [2.05, 4.69) is 53.6 Å². The number of benzene rings is 2. The first-order valence-electron chi connectivity index (χ1n) is 10.4. The van der Waals surface area contributed by atoms with Gasteiger partial charge in [-0.1, -0.05) is 44.4 Å². The fourth-order valence-electron chi connectivity index (χ4n) is 4.93. The van der Waals surface area contributed by atoms with Crippen LogP contribution in [0.5, 0.6) is 5.75 Å². The Hall–Kier alpha value is -2.75. The summed E-state index contributed by atoms with van der Waals surface area (Å²) in [7, 11) is 1.72. The highest BCUT2D eigenvalue weighted by molar-refractivity contribution is 6.17. The Morgan fingerprint density at radius 2 is 2.04 bits per heavy atom. The Kier molecular flexibility index (Phi) is 4.15. The molecule has 0 spiro atoms. The summed E-state index contributed by atoms with van der Waals surface area (Å²) in [6, 6.07) is 15.0. The standard InChI is InChI=1S/C24H27N3O/c1-3-4-7-13-24-22(19-11-10-16(28-2)15-21(19)27-24)25-14-12-18-17-8-5-6-9-20(17)26-23(18)24/h5-6,8-11,15,26-27H,3-4,7,12-14H2,1-2H3. The van der Waals surface area contributed by atoms with Crippen molar-refractivity contribution in [2.45, 2.75) is 44.6 Å². The Morgan fingerprint density at radius 1 is 1.14 bits per heavy atom. The summed E-state index contributed by atoms with van der Waals surface area (Å²) in [4.78, 5) is 8.90. The van der Waals surface area contributed by atoms with E-state index in [1.807, 2.05) is 6.07 Å². The zero-order valence-corrected chi connectivity index (χ0v) is 16.6. The van der Waals surface area contributed by atoms with Gasteiger partial charge in [-0.05, 0) is 36.6 Å². The second kappa shape index (κ2) is 6.69. The van der Waals surface area contributed by atoms with Crippen molar-refractivity contribution in [3.05, 3.63) is 59.3 Å². The lowest BCUT2D eigenvalue weighted by Gasteiger charge is -2.31. The molecule has 28 heavy (non-hydrogen) atoms. The SMILES string of the molecule is CCCCCC12Nc3cc(OC)ccc3C1=NCCc1c2[nH]c2ccccc12. The van der Waals surface area contributed by atoms with Gasteiger partial charge in [0.1, 0.15) is 11.3 Å². The first kappa shape index (κ1) is 17.4. The van der Waals surface area contributed by atoms with E-state index < -0.39 is 0 Å². The maximum Gasteiger partial charge on any atom is 0.121 e. The molecule has 0 saturated heterocycles. The first-order chi connectivity index (χ1) is 13.8. The number of aromatic amines is 1. The number of unbranched alkanes of at least 4 members (excludes halogenated alkanes) is 2. The largest absolute Gasteiger partial charge is 0.497 e. The van der Waals surface area contributed by atoms with Crippen LogP contribution in [0.1, 0.15) is 49.4 Å². The van der Waals surface area contributed by atoms with Crippen molar-refractivity contribution in [1.82, 2.24) is 4.98 Å². The minimum Gasteiger partial charge on any atom is -0.497 e. The predicted molar refractivity (Wildman–Crippen MR) is 116 cm³/mol. The lowest BCUT2D eigenvalue weighted by molar-refractivity contribution is 0.415. The third kappa shape index (κ3) is 2.47. The van der Waals surface area contributed by atoms with Gasteiger partial charge in [0.25, 0.3) is 0 Å². The highest BCUT2D eigenvalue weighted by Crippen LogP contribution is 2.47. The van der Waals surface area contributed by atoms with E-state index in [-0.39, 0.29) is 5.54 Å². The molecule has 5 rings (SSSR count). The number of aromatic nitrogens is 1. The fraction of sp³-hybridized carbons (Fsp3) is 0.375.